The Morgan fingerprint density at radius 3 is 2.56 bits per heavy atom. The van der Waals surface area contributed by atoms with E-state index in [1.807, 2.05) is 6.92 Å². The molecule has 1 aliphatic rings. The van der Waals surface area contributed by atoms with E-state index in [1.54, 1.807) is 19.1 Å². The highest BCUT2D eigenvalue weighted by Crippen LogP contribution is 2.27. The monoisotopic (exact) mass is 228 g/mol. The van der Waals surface area contributed by atoms with E-state index < -0.39 is 0 Å². The molecule has 0 spiro atoms. The summed E-state index contributed by atoms with van der Waals surface area (Å²) in [5.41, 5.74) is 2.58. The fourth-order valence-electron chi connectivity index (χ4n) is 2.33. The van der Waals surface area contributed by atoms with E-state index in [0.717, 1.165) is 12.3 Å². The van der Waals surface area contributed by atoms with Crippen molar-refractivity contribution in [1.29, 1.82) is 0 Å². The molecule has 0 aromatic rings. The van der Waals surface area contributed by atoms with Crippen molar-refractivity contribution in [1.82, 2.24) is 10.4 Å². The van der Waals surface area contributed by atoms with Gasteiger partial charge in [-0.25, -0.2) is 9.80 Å². The molecule has 1 aliphatic carbocycles. The predicted octanol–water partition coefficient (Wildman–Crippen LogP) is 2.55. The van der Waals surface area contributed by atoms with Crippen LogP contribution in [0.3, 0.4) is 0 Å². The molecule has 0 aromatic heterocycles. The molecule has 0 aliphatic heterocycles. The zero-order valence-electron chi connectivity index (χ0n) is 10.7. The van der Waals surface area contributed by atoms with Gasteiger partial charge in [0.1, 0.15) is 6.10 Å². The van der Waals surface area contributed by atoms with Crippen LogP contribution in [-0.4, -0.2) is 31.3 Å². The minimum atomic E-state index is -0.353. The van der Waals surface area contributed by atoms with Gasteiger partial charge in [-0.1, -0.05) is 32.1 Å². The van der Waals surface area contributed by atoms with Crippen LogP contribution < -0.4 is 5.43 Å². The first kappa shape index (κ1) is 13.3. The van der Waals surface area contributed by atoms with Crippen molar-refractivity contribution in [3.05, 3.63) is 0 Å². The molecule has 1 N–H and O–H groups in total. The maximum atomic E-state index is 11.3. The summed E-state index contributed by atoms with van der Waals surface area (Å²) in [5.74, 6) is 0.746. The summed E-state index contributed by atoms with van der Waals surface area (Å²) in [6.45, 7) is 1.98. The van der Waals surface area contributed by atoms with Gasteiger partial charge in [0.05, 0.1) is 0 Å². The molecule has 0 unspecified atom stereocenters. The van der Waals surface area contributed by atoms with Crippen LogP contribution >= 0.6 is 0 Å². The van der Waals surface area contributed by atoms with Crippen molar-refractivity contribution in [2.45, 2.75) is 51.6 Å². The molecule has 1 amide bonds. The molecule has 94 valence electrons. The van der Waals surface area contributed by atoms with Gasteiger partial charge in [-0.05, 0) is 19.3 Å². The third-order valence-electron chi connectivity index (χ3n) is 3.01. The fraction of sp³-hybridized carbons (Fsp3) is 0.917. The smallest absolute Gasteiger partial charge is 0.422 e. The molecule has 16 heavy (non-hydrogen) atoms. The number of carbonyl (C=O) groups is 1. The Morgan fingerprint density at radius 1 is 1.38 bits per heavy atom. The van der Waals surface area contributed by atoms with E-state index in [4.69, 9.17) is 4.74 Å². The zero-order chi connectivity index (χ0) is 12.0. The summed E-state index contributed by atoms with van der Waals surface area (Å²) in [7, 11) is 3.54. The van der Waals surface area contributed by atoms with E-state index in [9.17, 15) is 4.79 Å². The average molecular weight is 228 g/mol. The SMILES string of the molecule is C[C@@H](CC1CCCCC1)OC(=O)NN(C)C. The van der Waals surface area contributed by atoms with Crippen molar-refractivity contribution in [3.63, 3.8) is 0 Å². The van der Waals surface area contributed by atoms with Gasteiger partial charge in [0, 0.05) is 14.1 Å². The Balaban J connectivity index is 2.18. The second-order valence-electron chi connectivity index (χ2n) is 4.96. The molecular formula is C12H24N2O2. The minimum Gasteiger partial charge on any atom is -0.446 e. The number of amides is 1. The lowest BCUT2D eigenvalue weighted by molar-refractivity contribution is 0.0723. The van der Waals surface area contributed by atoms with E-state index in [1.165, 1.54) is 32.1 Å². The second-order valence-corrected chi connectivity index (χ2v) is 4.96. The standard InChI is InChI=1S/C12H24N2O2/c1-10(16-12(15)13-14(2)3)9-11-7-5-4-6-8-11/h10-11H,4-9H2,1-3H3,(H,13,15)/t10-/m0/s1. The largest absolute Gasteiger partial charge is 0.446 e. The lowest BCUT2D eigenvalue weighted by Gasteiger charge is -2.25. The molecule has 4 nitrogen and oxygen atoms in total. The van der Waals surface area contributed by atoms with Crippen LogP contribution in [0.4, 0.5) is 4.79 Å². The lowest BCUT2D eigenvalue weighted by atomic mass is 9.86. The summed E-state index contributed by atoms with van der Waals surface area (Å²) < 4.78 is 5.27. The summed E-state index contributed by atoms with van der Waals surface area (Å²) in [4.78, 5) is 11.3. The van der Waals surface area contributed by atoms with E-state index in [2.05, 4.69) is 5.43 Å². The number of carbonyl (C=O) groups excluding carboxylic acids is 1. The van der Waals surface area contributed by atoms with Crippen molar-refractivity contribution >= 4 is 6.09 Å². The van der Waals surface area contributed by atoms with Crippen molar-refractivity contribution in [3.8, 4) is 0 Å². The highest BCUT2D eigenvalue weighted by Gasteiger charge is 2.18. The maximum Gasteiger partial charge on any atom is 0.422 e. The highest BCUT2D eigenvalue weighted by atomic mass is 16.6. The molecule has 0 aromatic carbocycles. The first-order chi connectivity index (χ1) is 7.58. The Labute approximate surface area is 98.3 Å². The molecule has 1 fully saturated rings. The van der Waals surface area contributed by atoms with Crippen LogP contribution in [0.1, 0.15) is 45.4 Å². The van der Waals surface area contributed by atoms with E-state index in [0.29, 0.717) is 0 Å². The maximum absolute atomic E-state index is 11.3. The zero-order valence-corrected chi connectivity index (χ0v) is 10.7. The molecule has 1 rings (SSSR count). The topological polar surface area (TPSA) is 41.6 Å². The quantitative estimate of drug-likeness (QED) is 0.752. The molecule has 4 heteroatoms. The Morgan fingerprint density at radius 2 is 2.00 bits per heavy atom. The second kappa shape index (κ2) is 6.74. The predicted molar refractivity (Wildman–Crippen MR) is 64.0 cm³/mol. The molecule has 0 heterocycles. The Hall–Kier alpha value is -0.770. The van der Waals surface area contributed by atoms with Crippen molar-refractivity contribution < 1.29 is 9.53 Å². The Kier molecular flexibility index (Phi) is 5.60. The van der Waals surface area contributed by atoms with Crippen molar-refractivity contribution in [2.24, 2.45) is 5.92 Å². The third-order valence-corrected chi connectivity index (χ3v) is 3.01. The van der Waals surface area contributed by atoms with Gasteiger partial charge in [-0.15, -0.1) is 0 Å². The van der Waals surface area contributed by atoms with Crippen LogP contribution in [-0.2, 0) is 4.74 Å². The Bertz CT molecular complexity index is 213. The van der Waals surface area contributed by atoms with Gasteiger partial charge < -0.3 is 4.74 Å². The summed E-state index contributed by atoms with van der Waals surface area (Å²) in [5, 5.41) is 1.59. The van der Waals surface area contributed by atoms with Gasteiger partial charge in [0.15, 0.2) is 0 Å². The number of ether oxygens (including phenoxy) is 1. The highest BCUT2D eigenvalue weighted by molar-refractivity contribution is 5.66. The molecule has 0 radical (unpaired) electrons. The van der Waals surface area contributed by atoms with E-state index >= 15 is 0 Å². The van der Waals surface area contributed by atoms with Crippen LogP contribution in [0.2, 0.25) is 0 Å². The molecule has 0 bridgehead atoms. The van der Waals surface area contributed by atoms with Crippen LogP contribution in [0.25, 0.3) is 0 Å². The number of hydrazine groups is 1. The average Bonchev–Trinajstić information content (AvgIpc) is 2.17. The number of hydrogen-bond donors (Lipinski definition) is 1. The normalized spacial score (nSPS) is 19.5. The van der Waals surface area contributed by atoms with Crippen LogP contribution in [0.5, 0.6) is 0 Å². The number of nitrogens with zero attached hydrogens (tertiary/aromatic N) is 1. The first-order valence-electron chi connectivity index (χ1n) is 6.22. The molecular weight excluding hydrogens is 204 g/mol. The molecule has 1 atom stereocenters. The summed E-state index contributed by atoms with van der Waals surface area (Å²) in [6, 6.07) is 0. The number of hydrogen-bond acceptors (Lipinski definition) is 3. The van der Waals surface area contributed by atoms with Gasteiger partial charge in [-0.2, -0.15) is 0 Å². The van der Waals surface area contributed by atoms with Crippen molar-refractivity contribution in [2.75, 3.05) is 14.1 Å². The van der Waals surface area contributed by atoms with Gasteiger partial charge >= 0.3 is 6.09 Å². The molecule has 1 saturated carbocycles. The van der Waals surface area contributed by atoms with E-state index in [-0.39, 0.29) is 12.2 Å². The fourth-order valence-corrected chi connectivity index (χ4v) is 2.33. The number of rotatable bonds is 4. The molecule has 0 saturated heterocycles. The van der Waals surface area contributed by atoms with Gasteiger partial charge in [0.2, 0.25) is 0 Å². The summed E-state index contributed by atoms with van der Waals surface area (Å²) in [6.07, 6.45) is 7.29. The first-order valence-corrected chi connectivity index (χ1v) is 6.22. The lowest BCUT2D eigenvalue weighted by Crippen LogP contribution is -2.38. The number of nitrogens with one attached hydrogen (secondary N) is 1. The summed E-state index contributed by atoms with van der Waals surface area (Å²) >= 11 is 0. The van der Waals surface area contributed by atoms with Crippen LogP contribution in [0.15, 0.2) is 0 Å². The van der Waals surface area contributed by atoms with Gasteiger partial charge in [-0.3, -0.25) is 5.43 Å². The minimum absolute atomic E-state index is 0.0167. The van der Waals surface area contributed by atoms with Crippen LogP contribution in [0, 0.1) is 5.92 Å². The third kappa shape index (κ3) is 5.35. The van der Waals surface area contributed by atoms with Gasteiger partial charge in [0.25, 0.3) is 0 Å².